The largest absolute Gasteiger partial charge is 0.366 e. The second-order valence-electron chi connectivity index (χ2n) is 4.86. The number of alkyl halides is 1. The van der Waals surface area contributed by atoms with E-state index in [-0.39, 0.29) is 18.7 Å². The first-order chi connectivity index (χ1) is 9.13. The molecule has 3 nitrogen and oxygen atoms in total. The van der Waals surface area contributed by atoms with Crippen molar-refractivity contribution < 1.29 is 18.6 Å². The van der Waals surface area contributed by atoms with Crippen LogP contribution in [0.5, 0.6) is 0 Å². The van der Waals surface area contributed by atoms with E-state index in [4.69, 9.17) is 25.8 Å². The highest BCUT2D eigenvalue weighted by atomic mass is 35.5. The average molecular weight is 289 g/mol. The van der Waals surface area contributed by atoms with E-state index >= 15 is 0 Å². The molecule has 19 heavy (non-hydrogen) atoms. The summed E-state index contributed by atoms with van der Waals surface area (Å²) >= 11 is 5.63. The third-order valence-electron chi connectivity index (χ3n) is 3.03. The molecule has 0 aromatic heterocycles. The Morgan fingerprint density at radius 1 is 1.37 bits per heavy atom. The molecule has 5 heteroatoms. The topological polar surface area (TPSA) is 27.7 Å². The molecule has 0 aliphatic carbocycles. The van der Waals surface area contributed by atoms with Gasteiger partial charge in [0.15, 0.2) is 6.29 Å². The Hall–Kier alpha value is -0.680. The molecule has 0 radical (unpaired) electrons. The molecule has 1 aliphatic rings. The Morgan fingerprint density at radius 2 is 2.05 bits per heavy atom. The minimum absolute atomic E-state index is 0.204. The van der Waals surface area contributed by atoms with Crippen molar-refractivity contribution in [2.45, 2.75) is 31.8 Å². The second-order valence-corrected chi connectivity index (χ2v) is 5.24. The normalized spacial score (nSPS) is 27.4. The van der Waals surface area contributed by atoms with Gasteiger partial charge in [0.2, 0.25) is 0 Å². The van der Waals surface area contributed by atoms with Crippen molar-refractivity contribution >= 4 is 11.6 Å². The second kappa shape index (κ2) is 6.66. The highest BCUT2D eigenvalue weighted by molar-refractivity contribution is 6.17. The van der Waals surface area contributed by atoms with Crippen molar-refractivity contribution in [3.8, 4) is 0 Å². The molecular weight excluding hydrogens is 271 g/mol. The van der Waals surface area contributed by atoms with Gasteiger partial charge >= 0.3 is 0 Å². The lowest BCUT2D eigenvalue weighted by atomic mass is 10.1. The van der Waals surface area contributed by atoms with Gasteiger partial charge in [-0.15, -0.1) is 11.6 Å². The summed E-state index contributed by atoms with van der Waals surface area (Å²) in [4.78, 5) is 0. The first-order valence-electron chi connectivity index (χ1n) is 6.29. The molecule has 0 bridgehead atoms. The van der Waals surface area contributed by atoms with Crippen LogP contribution in [0.4, 0.5) is 4.39 Å². The van der Waals surface area contributed by atoms with Crippen LogP contribution >= 0.6 is 11.6 Å². The summed E-state index contributed by atoms with van der Waals surface area (Å²) < 4.78 is 30.3. The molecule has 0 spiro atoms. The van der Waals surface area contributed by atoms with Crippen molar-refractivity contribution in [2.75, 3.05) is 19.1 Å². The van der Waals surface area contributed by atoms with Gasteiger partial charge in [0, 0.05) is 17.9 Å². The maximum Gasteiger partial charge on any atom is 0.159 e. The fraction of sp³-hybridized carbons (Fsp3) is 0.571. The first kappa shape index (κ1) is 14.7. The van der Waals surface area contributed by atoms with Crippen LogP contribution < -0.4 is 0 Å². The molecule has 1 aromatic carbocycles. The maximum absolute atomic E-state index is 13.5. The zero-order valence-electron chi connectivity index (χ0n) is 10.9. The summed E-state index contributed by atoms with van der Waals surface area (Å²) in [6.45, 7) is 2.94. The highest BCUT2D eigenvalue weighted by Crippen LogP contribution is 2.23. The van der Waals surface area contributed by atoms with Crippen LogP contribution in [0.3, 0.4) is 0 Å². The predicted molar refractivity (Wildman–Crippen MR) is 70.6 cm³/mol. The van der Waals surface area contributed by atoms with Crippen LogP contribution in [-0.2, 0) is 20.8 Å². The van der Waals surface area contributed by atoms with Crippen molar-refractivity contribution in [3.63, 3.8) is 0 Å². The minimum Gasteiger partial charge on any atom is -0.366 e. The molecule has 1 heterocycles. The van der Waals surface area contributed by atoms with Gasteiger partial charge < -0.3 is 14.2 Å². The SMILES string of the molecule is C[C@]1(OCc2ccccc2F)CO[C@@H](CCCl)OC1. The molecule has 0 atom stereocenters. The van der Waals surface area contributed by atoms with Gasteiger partial charge in [-0.05, 0) is 13.0 Å². The van der Waals surface area contributed by atoms with Gasteiger partial charge in [-0.3, -0.25) is 0 Å². The van der Waals surface area contributed by atoms with Gasteiger partial charge in [-0.2, -0.15) is 0 Å². The third kappa shape index (κ3) is 4.14. The molecule has 1 aliphatic heterocycles. The van der Waals surface area contributed by atoms with Crippen LogP contribution in [0.2, 0.25) is 0 Å². The average Bonchev–Trinajstić information content (AvgIpc) is 2.41. The smallest absolute Gasteiger partial charge is 0.159 e. The van der Waals surface area contributed by atoms with E-state index in [1.807, 2.05) is 6.92 Å². The molecule has 0 N–H and O–H groups in total. The van der Waals surface area contributed by atoms with Crippen LogP contribution in [0.1, 0.15) is 18.9 Å². The maximum atomic E-state index is 13.5. The fourth-order valence-corrected chi connectivity index (χ4v) is 2.01. The number of halogens is 2. The zero-order valence-corrected chi connectivity index (χ0v) is 11.7. The molecule has 0 unspecified atom stereocenters. The van der Waals surface area contributed by atoms with Crippen LogP contribution in [-0.4, -0.2) is 31.0 Å². The van der Waals surface area contributed by atoms with Gasteiger partial charge in [0.1, 0.15) is 11.4 Å². The standard InChI is InChI=1S/C14H18ClFO3/c1-14(9-17-13(6-7-15)18-10-14)19-8-11-4-2-3-5-12(11)16/h2-5,13H,6-10H2,1H3/t13-,14+. The highest BCUT2D eigenvalue weighted by Gasteiger charge is 2.33. The zero-order chi connectivity index (χ0) is 13.7. The molecule has 0 saturated carbocycles. The van der Waals surface area contributed by atoms with Crippen molar-refractivity contribution in [2.24, 2.45) is 0 Å². The van der Waals surface area contributed by atoms with Crippen LogP contribution in [0.25, 0.3) is 0 Å². The number of benzene rings is 1. The fourth-order valence-electron chi connectivity index (χ4n) is 1.83. The van der Waals surface area contributed by atoms with Gasteiger partial charge in [-0.1, -0.05) is 18.2 Å². The van der Waals surface area contributed by atoms with E-state index in [1.165, 1.54) is 6.07 Å². The van der Waals surface area contributed by atoms with E-state index < -0.39 is 5.60 Å². The number of ether oxygens (including phenoxy) is 3. The first-order valence-corrected chi connectivity index (χ1v) is 6.83. The molecule has 2 rings (SSSR count). The van der Waals surface area contributed by atoms with E-state index in [0.29, 0.717) is 31.1 Å². The van der Waals surface area contributed by atoms with Crippen molar-refractivity contribution in [1.82, 2.24) is 0 Å². The summed E-state index contributed by atoms with van der Waals surface area (Å²) in [6.07, 6.45) is 0.396. The number of hydrogen-bond donors (Lipinski definition) is 0. The number of hydrogen-bond acceptors (Lipinski definition) is 3. The quantitative estimate of drug-likeness (QED) is 0.779. The van der Waals surface area contributed by atoms with Gasteiger partial charge in [0.05, 0.1) is 19.8 Å². The van der Waals surface area contributed by atoms with Crippen LogP contribution in [0, 0.1) is 5.82 Å². The molecule has 1 aromatic rings. The Labute approximate surface area is 117 Å². The molecule has 1 saturated heterocycles. The summed E-state index contributed by atoms with van der Waals surface area (Å²) in [7, 11) is 0. The lowest BCUT2D eigenvalue weighted by molar-refractivity contribution is -0.263. The number of rotatable bonds is 5. The van der Waals surface area contributed by atoms with Gasteiger partial charge in [-0.25, -0.2) is 4.39 Å². The molecule has 0 amide bonds. The van der Waals surface area contributed by atoms with Gasteiger partial charge in [0.25, 0.3) is 0 Å². The Kier molecular flexibility index (Phi) is 5.16. The summed E-state index contributed by atoms with van der Waals surface area (Å²) in [6, 6.07) is 6.57. The summed E-state index contributed by atoms with van der Waals surface area (Å²) in [5, 5.41) is 0. The van der Waals surface area contributed by atoms with Crippen molar-refractivity contribution in [1.29, 1.82) is 0 Å². The minimum atomic E-state index is -0.551. The Morgan fingerprint density at radius 3 is 2.68 bits per heavy atom. The summed E-state index contributed by atoms with van der Waals surface area (Å²) in [5.74, 6) is 0.237. The molecule has 1 fully saturated rings. The third-order valence-corrected chi connectivity index (χ3v) is 3.25. The monoisotopic (exact) mass is 288 g/mol. The van der Waals surface area contributed by atoms with E-state index in [2.05, 4.69) is 0 Å². The summed E-state index contributed by atoms with van der Waals surface area (Å²) in [5.41, 5.74) is -0.0166. The Balaban J connectivity index is 1.84. The van der Waals surface area contributed by atoms with Crippen LogP contribution in [0.15, 0.2) is 24.3 Å². The lowest BCUT2D eigenvalue weighted by Crippen LogP contribution is -2.47. The van der Waals surface area contributed by atoms with E-state index in [0.717, 1.165) is 0 Å². The van der Waals surface area contributed by atoms with E-state index in [9.17, 15) is 4.39 Å². The predicted octanol–water partition coefficient (Wildman–Crippen LogP) is 3.10. The lowest BCUT2D eigenvalue weighted by Gasteiger charge is -2.37. The molecular formula is C14H18ClFO3. The van der Waals surface area contributed by atoms with Crippen molar-refractivity contribution in [3.05, 3.63) is 35.6 Å². The van der Waals surface area contributed by atoms with E-state index in [1.54, 1.807) is 18.2 Å². The molecule has 106 valence electrons. The Bertz CT molecular complexity index is 405.